The summed E-state index contributed by atoms with van der Waals surface area (Å²) in [5.41, 5.74) is 0.955. The van der Waals surface area contributed by atoms with E-state index in [0.29, 0.717) is 36.1 Å². The average molecular weight is 288 g/mol. The Morgan fingerprint density at radius 1 is 1.42 bits per heavy atom. The van der Waals surface area contributed by atoms with Gasteiger partial charge in [0.25, 0.3) is 0 Å². The third kappa shape index (κ3) is 5.27. The Morgan fingerprint density at radius 2 is 2.16 bits per heavy atom. The lowest BCUT2D eigenvalue weighted by molar-refractivity contribution is 0.153. The fourth-order valence-electron chi connectivity index (χ4n) is 1.66. The molecule has 0 aliphatic carbocycles. The number of halogens is 1. The summed E-state index contributed by atoms with van der Waals surface area (Å²) in [5, 5.41) is 13.1. The van der Waals surface area contributed by atoms with Crippen LogP contribution in [-0.4, -0.2) is 31.5 Å². The molecule has 108 valence electrons. The number of nitrogens with one attached hydrogen (secondary N) is 1. The molecule has 1 aromatic carbocycles. The minimum absolute atomic E-state index is 0.379. The quantitative estimate of drug-likeness (QED) is 0.772. The lowest BCUT2D eigenvalue weighted by atomic mass is 10.1. The van der Waals surface area contributed by atoms with Crippen LogP contribution in [0.5, 0.6) is 11.5 Å². The minimum atomic E-state index is -0.379. The molecule has 1 rings (SSSR count). The van der Waals surface area contributed by atoms with E-state index in [2.05, 4.69) is 5.32 Å². The molecule has 0 heterocycles. The summed E-state index contributed by atoms with van der Waals surface area (Å²) >= 11 is 6.06. The van der Waals surface area contributed by atoms with Crippen molar-refractivity contribution in [2.75, 3.05) is 20.3 Å². The van der Waals surface area contributed by atoms with E-state index in [1.54, 1.807) is 20.1 Å². The predicted octanol–water partition coefficient (Wildman–Crippen LogP) is 2.61. The number of ether oxygens (including phenoxy) is 2. The van der Waals surface area contributed by atoms with Gasteiger partial charge in [-0.2, -0.15) is 0 Å². The molecule has 1 aromatic rings. The van der Waals surface area contributed by atoms with Gasteiger partial charge < -0.3 is 19.9 Å². The topological polar surface area (TPSA) is 50.7 Å². The van der Waals surface area contributed by atoms with Crippen molar-refractivity contribution in [2.24, 2.45) is 0 Å². The van der Waals surface area contributed by atoms with Crippen molar-refractivity contribution in [3.8, 4) is 11.5 Å². The first-order valence-corrected chi connectivity index (χ1v) is 6.84. The van der Waals surface area contributed by atoms with Crippen molar-refractivity contribution in [1.29, 1.82) is 0 Å². The monoisotopic (exact) mass is 287 g/mol. The highest BCUT2D eigenvalue weighted by molar-refractivity contribution is 6.30. The Morgan fingerprint density at radius 3 is 2.74 bits per heavy atom. The van der Waals surface area contributed by atoms with E-state index < -0.39 is 0 Å². The summed E-state index contributed by atoms with van der Waals surface area (Å²) < 4.78 is 11.0. The maximum absolute atomic E-state index is 9.27. The van der Waals surface area contributed by atoms with E-state index in [-0.39, 0.29) is 6.10 Å². The molecule has 0 radical (unpaired) electrons. The lowest BCUT2D eigenvalue weighted by Gasteiger charge is -2.16. The van der Waals surface area contributed by atoms with E-state index in [4.69, 9.17) is 21.1 Å². The van der Waals surface area contributed by atoms with E-state index in [9.17, 15) is 5.11 Å². The number of aliphatic hydroxyl groups excluding tert-OH is 1. The number of hydrogen-bond acceptors (Lipinski definition) is 4. The first-order chi connectivity index (χ1) is 9.08. The summed E-state index contributed by atoms with van der Waals surface area (Å²) in [4.78, 5) is 0. The van der Waals surface area contributed by atoms with Gasteiger partial charge in [0.2, 0.25) is 0 Å². The molecule has 1 atom stereocenters. The second kappa shape index (κ2) is 8.25. The number of methoxy groups -OCH3 is 1. The van der Waals surface area contributed by atoms with Crippen molar-refractivity contribution < 1.29 is 14.6 Å². The summed E-state index contributed by atoms with van der Waals surface area (Å²) in [6.45, 7) is 5.74. The van der Waals surface area contributed by atoms with Gasteiger partial charge in [-0.25, -0.2) is 0 Å². The fourth-order valence-corrected chi connectivity index (χ4v) is 1.89. The molecule has 0 bridgehead atoms. The van der Waals surface area contributed by atoms with Crippen LogP contribution in [0.4, 0.5) is 0 Å². The van der Waals surface area contributed by atoms with Crippen molar-refractivity contribution in [3.63, 3.8) is 0 Å². The largest absolute Gasteiger partial charge is 0.493 e. The number of aliphatic hydroxyl groups is 1. The van der Waals surface area contributed by atoms with Gasteiger partial charge in [0.15, 0.2) is 11.5 Å². The van der Waals surface area contributed by atoms with Gasteiger partial charge in [0.1, 0.15) is 0 Å². The third-order valence-electron chi connectivity index (χ3n) is 2.66. The fraction of sp³-hybridized carbons (Fsp3) is 0.571. The van der Waals surface area contributed by atoms with Crippen LogP contribution in [0.25, 0.3) is 0 Å². The molecule has 0 saturated carbocycles. The first-order valence-electron chi connectivity index (χ1n) is 6.46. The van der Waals surface area contributed by atoms with Crippen molar-refractivity contribution in [3.05, 3.63) is 22.7 Å². The third-order valence-corrected chi connectivity index (χ3v) is 2.88. The maximum atomic E-state index is 9.27. The highest BCUT2D eigenvalue weighted by Gasteiger charge is 2.13. The molecule has 1 unspecified atom stereocenters. The van der Waals surface area contributed by atoms with Crippen LogP contribution in [0.1, 0.15) is 25.8 Å². The van der Waals surface area contributed by atoms with Crippen LogP contribution >= 0.6 is 11.6 Å². The van der Waals surface area contributed by atoms with Crippen LogP contribution in [0.2, 0.25) is 5.02 Å². The molecule has 4 nitrogen and oxygen atoms in total. The molecule has 0 amide bonds. The van der Waals surface area contributed by atoms with Gasteiger partial charge >= 0.3 is 0 Å². The van der Waals surface area contributed by atoms with E-state index in [1.807, 2.05) is 13.0 Å². The predicted molar refractivity (Wildman–Crippen MR) is 77.2 cm³/mol. The Hall–Kier alpha value is -0.970. The molecule has 19 heavy (non-hydrogen) atoms. The summed E-state index contributed by atoms with van der Waals surface area (Å²) in [6.07, 6.45) is 0.197. The van der Waals surface area contributed by atoms with Crippen molar-refractivity contribution >= 4 is 11.6 Å². The smallest absolute Gasteiger partial charge is 0.165 e. The lowest BCUT2D eigenvalue weighted by Crippen LogP contribution is -2.14. The molecule has 5 heteroatoms. The van der Waals surface area contributed by atoms with E-state index in [1.165, 1.54) is 0 Å². The van der Waals surface area contributed by atoms with E-state index in [0.717, 1.165) is 12.1 Å². The van der Waals surface area contributed by atoms with Crippen LogP contribution < -0.4 is 14.8 Å². The second-order valence-electron chi connectivity index (χ2n) is 4.36. The molecular weight excluding hydrogens is 266 g/mol. The normalized spacial score (nSPS) is 12.3. The van der Waals surface area contributed by atoms with Gasteiger partial charge in [0, 0.05) is 29.6 Å². The van der Waals surface area contributed by atoms with Crippen LogP contribution in [0.3, 0.4) is 0 Å². The van der Waals surface area contributed by atoms with Crippen molar-refractivity contribution in [2.45, 2.75) is 32.9 Å². The minimum Gasteiger partial charge on any atom is -0.493 e. The molecule has 0 aromatic heterocycles. The van der Waals surface area contributed by atoms with Crippen molar-refractivity contribution in [1.82, 2.24) is 5.32 Å². The number of rotatable bonds is 8. The Labute approximate surface area is 119 Å². The number of benzene rings is 1. The number of hydrogen-bond donors (Lipinski definition) is 2. The zero-order chi connectivity index (χ0) is 14.3. The molecule has 0 aliphatic heterocycles. The molecule has 2 N–H and O–H groups in total. The summed E-state index contributed by atoms with van der Waals surface area (Å²) in [5.74, 6) is 1.31. The second-order valence-corrected chi connectivity index (χ2v) is 4.80. The SMILES string of the molecule is CCNCc1cc(Cl)cc(OC)c1OCCC(C)O. The zero-order valence-corrected chi connectivity index (χ0v) is 12.5. The average Bonchev–Trinajstić information content (AvgIpc) is 2.37. The molecule has 0 spiro atoms. The van der Waals surface area contributed by atoms with Gasteiger partial charge in [-0.3, -0.25) is 0 Å². The molecule has 0 aliphatic rings. The van der Waals surface area contributed by atoms with Crippen LogP contribution in [0, 0.1) is 0 Å². The van der Waals surface area contributed by atoms with Crippen LogP contribution in [-0.2, 0) is 6.54 Å². The van der Waals surface area contributed by atoms with Gasteiger partial charge in [0.05, 0.1) is 19.8 Å². The molecule has 0 saturated heterocycles. The highest BCUT2D eigenvalue weighted by atomic mass is 35.5. The Balaban J connectivity index is 2.88. The Kier molecular flexibility index (Phi) is 6.99. The summed E-state index contributed by atoms with van der Waals surface area (Å²) in [7, 11) is 1.59. The standard InChI is InChI=1S/C14H22ClNO3/c1-4-16-9-11-7-12(15)8-13(18-3)14(11)19-6-5-10(2)17/h7-8,10,16-17H,4-6,9H2,1-3H3. The summed E-state index contributed by atoms with van der Waals surface area (Å²) in [6, 6.07) is 3.60. The van der Waals surface area contributed by atoms with E-state index >= 15 is 0 Å². The first kappa shape index (κ1) is 16.1. The van der Waals surface area contributed by atoms with Gasteiger partial charge in [-0.15, -0.1) is 0 Å². The molecular formula is C14H22ClNO3. The van der Waals surface area contributed by atoms with Crippen LogP contribution in [0.15, 0.2) is 12.1 Å². The van der Waals surface area contributed by atoms with Gasteiger partial charge in [-0.1, -0.05) is 18.5 Å². The Bertz CT molecular complexity index is 397. The van der Waals surface area contributed by atoms with Gasteiger partial charge in [-0.05, 0) is 19.5 Å². The highest BCUT2D eigenvalue weighted by Crippen LogP contribution is 2.34. The zero-order valence-electron chi connectivity index (χ0n) is 11.7. The molecule has 0 fully saturated rings. The maximum Gasteiger partial charge on any atom is 0.165 e.